The number of aryl methyl sites for hydroxylation is 1. The summed E-state index contributed by atoms with van der Waals surface area (Å²) in [6, 6.07) is 9.63. The van der Waals surface area contributed by atoms with Gasteiger partial charge in [-0.1, -0.05) is 17.7 Å². The van der Waals surface area contributed by atoms with Crippen molar-refractivity contribution in [2.45, 2.75) is 50.4 Å². The molecule has 1 fully saturated rings. The zero-order chi connectivity index (χ0) is 23.5. The van der Waals surface area contributed by atoms with Crippen molar-refractivity contribution in [3.8, 4) is 5.75 Å². The molecule has 2 heterocycles. The SMILES string of the molecule is CCOC(=O)c1c(CSc2cccc(Cl)c2)n(CC)c2cc(Br)c(O)c(CN3CCCC3)c12.Cl. The molecule has 0 spiro atoms. The highest BCUT2D eigenvalue weighted by atomic mass is 79.9. The number of thioether (sulfide) groups is 1. The number of aromatic hydroxyl groups is 1. The number of nitrogens with zero attached hydrogens (tertiary/aromatic N) is 2. The van der Waals surface area contributed by atoms with Crippen LogP contribution in [-0.4, -0.2) is 40.2 Å². The van der Waals surface area contributed by atoms with Crippen LogP contribution in [0.3, 0.4) is 0 Å². The molecule has 0 atom stereocenters. The molecular weight excluding hydrogens is 559 g/mol. The molecule has 1 aromatic heterocycles. The summed E-state index contributed by atoms with van der Waals surface area (Å²) in [5.41, 5.74) is 3.17. The Kier molecular flexibility index (Phi) is 9.64. The van der Waals surface area contributed by atoms with Crippen LogP contribution in [0.15, 0.2) is 39.7 Å². The second kappa shape index (κ2) is 12.0. The molecule has 0 amide bonds. The number of benzene rings is 2. The molecule has 3 aromatic rings. The first kappa shape index (κ1) is 27.2. The van der Waals surface area contributed by atoms with E-state index in [0.717, 1.165) is 53.0 Å². The van der Waals surface area contributed by atoms with E-state index in [1.807, 2.05) is 37.3 Å². The number of hydrogen-bond acceptors (Lipinski definition) is 5. The van der Waals surface area contributed by atoms with Crippen molar-refractivity contribution in [1.82, 2.24) is 9.47 Å². The highest BCUT2D eigenvalue weighted by Crippen LogP contribution is 2.42. The molecule has 9 heteroatoms. The smallest absolute Gasteiger partial charge is 0.340 e. The van der Waals surface area contributed by atoms with Crippen LogP contribution < -0.4 is 0 Å². The topological polar surface area (TPSA) is 54.7 Å². The Morgan fingerprint density at radius 2 is 1.97 bits per heavy atom. The first-order chi connectivity index (χ1) is 15.9. The van der Waals surface area contributed by atoms with Crippen LogP contribution in [0, 0.1) is 0 Å². The number of carbonyl (C=O) groups is 1. The Morgan fingerprint density at radius 1 is 1.24 bits per heavy atom. The second-order valence-electron chi connectivity index (χ2n) is 8.10. The number of carbonyl (C=O) groups excluding carboxylic acids is 1. The molecule has 1 aliphatic heterocycles. The number of hydrogen-bond donors (Lipinski definition) is 1. The van der Waals surface area contributed by atoms with Gasteiger partial charge in [-0.15, -0.1) is 24.2 Å². The molecule has 0 bridgehead atoms. The molecule has 1 saturated heterocycles. The van der Waals surface area contributed by atoms with Crippen LogP contribution in [-0.2, 0) is 23.6 Å². The Balaban J connectivity index is 0.00000324. The number of halogens is 3. The highest BCUT2D eigenvalue weighted by Gasteiger charge is 2.29. The summed E-state index contributed by atoms with van der Waals surface area (Å²) in [5, 5.41) is 12.5. The minimum Gasteiger partial charge on any atom is -0.506 e. The van der Waals surface area contributed by atoms with Gasteiger partial charge < -0.3 is 14.4 Å². The Bertz CT molecular complexity index is 1180. The summed E-state index contributed by atoms with van der Waals surface area (Å²) < 4.78 is 8.31. The van der Waals surface area contributed by atoms with Crippen LogP contribution in [0.5, 0.6) is 5.75 Å². The predicted octanol–water partition coefficient (Wildman–Crippen LogP) is 7.27. The van der Waals surface area contributed by atoms with Crippen LogP contribution in [0.1, 0.15) is 48.3 Å². The third-order valence-electron chi connectivity index (χ3n) is 6.04. The second-order valence-corrected chi connectivity index (χ2v) is 10.4. The highest BCUT2D eigenvalue weighted by molar-refractivity contribution is 9.10. The van der Waals surface area contributed by atoms with Gasteiger partial charge in [-0.05, 0) is 80.0 Å². The molecule has 0 radical (unpaired) electrons. The van der Waals surface area contributed by atoms with Crippen LogP contribution >= 0.6 is 51.7 Å². The van der Waals surface area contributed by atoms with Gasteiger partial charge in [0, 0.05) is 45.4 Å². The summed E-state index contributed by atoms with van der Waals surface area (Å²) in [7, 11) is 0. The van der Waals surface area contributed by atoms with E-state index < -0.39 is 0 Å². The lowest BCUT2D eigenvalue weighted by Crippen LogP contribution is -2.19. The quantitative estimate of drug-likeness (QED) is 0.222. The number of phenolic OH excluding ortho intramolecular Hbond substituents is 1. The third-order valence-corrected chi connectivity index (χ3v) is 7.88. The Morgan fingerprint density at radius 3 is 2.62 bits per heavy atom. The largest absolute Gasteiger partial charge is 0.506 e. The lowest BCUT2D eigenvalue weighted by Gasteiger charge is -2.18. The van der Waals surface area contributed by atoms with Gasteiger partial charge in [-0.3, -0.25) is 4.90 Å². The van der Waals surface area contributed by atoms with Gasteiger partial charge in [0.1, 0.15) is 5.75 Å². The van der Waals surface area contributed by atoms with E-state index >= 15 is 0 Å². The van der Waals surface area contributed by atoms with Crippen LogP contribution in [0.25, 0.3) is 10.9 Å². The van der Waals surface area contributed by atoms with Gasteiger partial charge in [0.05, 0.1) is 22.2 Å². The van der Waals surface area contributed by atoms with Gasteiger partial charge in [0.25, 0.3) is 0 Å². The molecule has 34 heavy (non-hydrogen) atoms. The van der Waals surface area contributed by atoms with E-state index in [2.05, 4.69) is 32.3 Å². The fourth-order valence-corrected chi connectivity index (χ4v) is 6.26. The zero-order valence-electron chi connectivity index (χ0n) is 19.3. The summed E-state index contributed by atoms with van der Waals surface area (Å²) in [4.78, 5) is 16.7. The Labute approximate surface area is 224 Å². The van der Waals surface area contributed by atoms with E-state index in [4.69, 9.17) is 16.3 Å². The van der Waals surface area contributed by atoms with Gasteiger partial charge in [0.2, 0.25) is 0 Å². The molecule has 184 valence electrons. The summed E-state index contributed by atoms with van der Waals surface area (Å²) in [5.74, 6) is 0.432. The zero-order valence-corrected chi connectivity index (χ0v) is 23.2. The fraction of sp³-hybridized carbons (Fsp3) is 0.400. The maximum absolute atomic E-state index is 13.3. The molecule has 4 rings (SSSR count). The van der Waals surface area contributed by atoms with E-state index in [1.54, 1.807) is 11.8 Å². The monoisotopic (exact) mass is 586 g/mol. The van der Waals surface area contributed by atoms with Crippen molar-refractivity contribution in [3.63, 3.8) is 0 Å². The first-order valence-corrected chi connectivity index (χ1v) is 13.4. The first-order valence-electron chi connectivity index (χ1n) is 11.3. The molecule has 5 nitrogen and oxygen atoms in total. The molecule has 1 N–H and O–H groups in total. The lowest BCUT2D eigenvalue weighted by molar-refractivity contribution is 0.0527. The third kappa shape index (κ3) is 5.54. The van der Waals surface area contributed by atoms with E-state index in [9.17, 15) is 9.90 Å². The number of fused-ring (bicyclic) bond motifs is 1. The van der Waals surface area contributed by atoms with Crippen molar-refractivity contribution in [2.75, 3.05) is 19.7 Å². The summed E-state index contributed by atoms with van der Waals surface area (Å²) in [6.45, 7) is 7.47. The lowest BCUT2D eigenvalue weighted by atomic mass is 10.0. The number of ether oxygens (including phenoxy) is 1. The average Bonchev–Trinajstić information content (AvgIpc) is 3.41. The van der Waals surface area contributed by atoms with Crippen LogP contribution in [0.4, 0.5) is 0 Å². The van der Waals surface area contributed by atoms with Crippen molar-refractivity contribution in [3.05, 3.63) is 56.6 Å². The predicted molar refractivity (Wildman–Crippen MR) is 146 cm³/mol. The fourth-order valence-electron chi connectivity index (χ4n) is 4.56. The van der Waals surface area contributed by atoms with E-state index in [1.165, 1.54) is 0 Å². The van der Waals surface area contributed by atoms with Gasteiger partial charge in [-0.25, -0.2) is 4.79 Å². The van der Waals surface area contributed by atoms with Crippen molar-refractivity contribution < 1.29 is 14.6 Å². The number of phenols is 1. The molecule has 0 saturated carbocycles. The molecule has 1 aliphatic rings. The van der Waals surface area contributed by atoms with E-state index in [0.29, 0.717) is 40.5 Å². The maximum atomic E-state index is 13.3. The summed E-state index contributed by atoms with van der Waals surface area (Å²) >= 11 is 11.4. The molecule has 0 unspecified atom stereocenters. The number of esters is 1. The van der Waals surface area contributed by atoms with E-state index in [-0.39, 0.29) is 24.1 Å². The van der Waals surface area contributed by atoms with Gasteiger partial charge in [0.15, 0.2) is 0 Å². The normalized spacial score (nSPS) is 13.9. The van der Waals surface area contributed by atoms with Gasteiger partial charge >= 0.3 is 5.97 Å². The average molecular weight is 588 g/mol. The molecule has 0 aliphatic carbocycles. The molecule has 2 aromatic carbocycles. The maximum Gasteiger partial charge on any atom is 0.340 e. The van der Waals surface area contributed by atoms with Crippen LogP contribution in [0.2, 0.25) is 5.02 Å². The van der Waals surface area contributed by atoms with Crippen molar-refractivity contribution in [1.29, 1.82) is 0 Å². The summed E-state index contributed by atoms with van der Waals surface area (Å²) in [6.07, 6.45) is 2.31. The standard InChI is InChI=1S/C25H28BrClN2O3S.ClH/c1-3-29-20-13-19(26)24(30)18(14-28-10-5-6-11-28)22(20)23(25(31)32-4-2)21(29)15-33-17-9-7-8-16(27)12-17;/h7-9,12-13,30H,3-6,10-11,14-15H2,1-2H3;1H. The minimum absolute atomic E-state index is 0. The minimum atomic E-state index is -0.346. The number of rotatable bonds is 8. The van der Waals surface area contributed by atoms with Crippen molar-refractivity contribution >= 4 is 68.6 Å². The number of likely N-dealkylation sites (tertiary alicyclic amines) is 1. The molecular formula is C25H29BrCl2N2O3S. The number of aromatic nitrogens is 1. The Hall–Kier alpha value is -1.38. The van der Waals surface area contributed by atoms with Crippen molar-refractivity contribution in [2.24, 2.45) is 0 Å². The van der Waals surface area contributed by atoms with Gasteiger partial charge in [-0.2, -0.15) is 0 Å².